The number of carbonyl (C=O) groups excluding carboxylic acids is 2. The minimum Gasteiger partial charge on any atom is -0.326 e. The Labute approximate surface area is 115 Å². The molecule has 19 heavy (non-hydrogen) atoms. The molecule has 0 spiro atoms. The minimum atomic E-state index is 0.0349. The summed E-state index contributed by atoms with van der Waals surface area (Å²) in [6.07, 6.45) is 3.87. The molecule has 1 rings (SSSR count). The Kier molecular flexibility index (Phi) is 6.26. The highest BCUT2D eigenvalue weighted by atomic mass is 16.2. The number of benzene rings is 1. The lowest BCUT2D eigenvalue weighted by Crippen LogP contribution is -2.22. The third-order valence-corrected chi connectivity index (χ3v) is 3.20. The Balaban J connectivity index is 2.66. The van der Waals surface area contributed by atoms with Crippen molar-refractivity contribution in [1.82, 2.24) is 0 Å². The lowest BCUT2D eigenvalue weighted by molar-refractivity contribution is -0.120. The first-order chi connectivity index (χ1) is 9.08. The van der Waals surface area contributed by atoms with Crippen molar-refractivity contribution in [2.75, 3.05) is 5.32 Å². The second-order valence-electron chi connectivity index (χ2n) is 4.90. The SMILES string of the molecule is CCCC(CCC)C(=O)Nc1ccc(C(C)=O)cc1. The lowest BCUT2D eigenvalue weighted by atomic mass is 9.97. The van der Waals surface area contributed by atoms with E-state index in [1.807, 2.05) is 0 Å². The molecule has 1 N–H and O–H groups in total. The minimum absolute atomic E-state index is 0.0349. The molecule has 0 aliphatic carbocycles. The smallest absolute Gasteiger partial charge is 0.227 e. The molecule has 0 aromatic heterocycles. The van der Waals surface area contributed by atoms with Crippen LogP contribution in [0.15, 0.2) is 24.3 Å². The van der Waals surface area contributed by atoms with E-state index in [1.165, 1.54) is 6.92 Å². The van der Waals surface area contributed by atoms with Crippen LogP contribution in [0.25, 0.3) is 0 Å². The summed E-state index contributed by atoms with van der Waals surface area (Å²) in [6.45, 7) is 5.72. The van der Waals surface area contributed by atoms with Gasteiger partial charge in [-0.3, -0.25) is 9.59 Å². The molecule has 0 fully saturated rings. The molecule has 1 aromatic carbocycles. The first-order valence-corrected chi connectivity index (χ1v) is 7.00. The summed E-state index contributed by atoms with van der Waals surface area (Å²) in [7, 11) is 0. The second kappa shape index (κ2) is 7.72. The van der Waals surface area contributed by atoms with Gasteiger partial charge in [-0.15, -0.1) is 0 Å². The van der Waals surface area contributed by atoms with E-state index in [9.17, 15) is 9.59 Å². The van der Waals surface area contributed by atoms with Crippen LogP contribution in [0.3, 0.4) is 0 Å². The van der Waals surface area contributed by atoms with Crippen molar-refractivity contribution in [3.05, 3.63) is 29.8 Å². The fraction of sp³-hybridized carbons (Fsp3) is 0.500. The van der Waals surface area contributed by atoms with Crippen LogP contribution < -0.4 is 5.32 Å². The number of rotatable bonds is 7. The second-order valence-corrected chi connectivity index (χ2v) is 4.90. The normalized spacial score (nSPS) is 10.5. The maximum absolute atomic E-state index is 12.1. The number of ketones is 1. The summed E-state index contributed by atoms with van der Waals surface area (Å²) < 4.78 is 0. The van der Waals surface area contributed by atoms with E-state index in [2.05, 4.69) is 19.2 Å². The lowest BCUT2D eigenvalue weighted by Gasteiger charge is -2.15. The molecule has 1 aromatic rings. The van der Waals surface area contributed by atoms with Gasteiger partial charge in [0.15, 0.2) is 5.78 Å². The van der Waals surface area contributed by atoms with Gasteiger partial charge in [0.25, 0.3) is 0 Å². The van der Waals surface area contributed by atoms with E-state index in [0.29, 0.717) is 5.56 Å². The van der Waals surface area contributed by atoms with Crippen LogP contribution in [0.1, 0.15) is 56.8 Å². The van der Waals surface area contributed by atoms with Crippen LogP contribution in [0.5, 0.6) is 0 Å². The number of amides is 1. The fourth-order valence-electron chi connectivity index (χ4n) is 2.14. The van der Waals surface area contributed by atoms with Crippen molar-refractivity contribution in [1.29, 1.82) is 0 Å². The van der Waals surface area contributed by atoms with E-state index in [4.69, 9.17) is 0 Å². The molecule has 0 aliphatic rings. The number of carbonyl (C=O) groups is 2. The van der Waals surface area contributed by atoms with E-state index < -0.39 is 0 Å². The number of hydrogen-bond acceptors (Lipinski definition) is 2. The van der Waals surface area contributed by atoms with Crippen LogP contribution in [-0.4, -0.2) is 11.7 Å². The molecular weight excluding hydrogens is 238 g/mol. The van der Waals surface area contributed by atoms with Crippen LogP contribution in [0, 0.1) is 5.92 Å². The van der Waals surface area contributed by atoms with Crippen LogP contribution in [-0.2, 0) is 4.79 Å². The van der Waals surface area contributed by atoms with Gasteiger partial charge >= 0.3 is 0 Å². The van der Waals surface area contributed by atoms with E-state index in [-0.39, 0.29) is 17.6 Å². The Hall–Kier alpha value is -1.64. The predicted molar refractivity (Wildman–Crippen MR) is 78.4 cm³/mol. The Morgan fingerprint density at radius 2 is 1.58 bits per heavy atom. The summed E-state index contributed by atoms with van der Waals surface area (Å²) in [4.78, 5) is 23.3. The average molecular weight is 261 g/mol. The topological polar surface area (TPSA) is 46.2 Å². The van der Waals surface area contributed by atoms with Gasteiger partial charge in [0.1, 0.15) is 0 Å². The van der Waals surface area contributed by atoms with Gasteiger partial charge < -0.3 is 5.32 Å². The van der Waals surface area contributed by atoms with Gasteiger partial charge in [0, 0.05) is 17.2 Å². The van der Waals surface area contributed by atoms with E-state index >= 15 is 0 Å². The largest absolute Gasteiger partial charge is 0.326 e. The van der Waals surface area contributed by atoms with E-state index in [0.717, 1.165) is 31.4 Å². The number of anilines is 1. The maximum atomic E-state index is 12.1. The first-order valence-electron chi connectivity index (χ1n) is 7.00. The summed E-state index contributed by atoms with van der Waals surface area (Å²) in [5, 5.41) is 2.93. The molecule has 104 valence electrons. The fourth-order valence-corrected chi connectivity index (χ4v) is 2.14. The molecule has 0 saturated carbocycles. The molecule has 0 aliphatic heterocycles. The highest BCUT2D eigenvalue weighted by Crippen LogP contribution is 2.17. The zero-order valence-electron chi connectivity index (χ0n) is 12.0. The van der Waals surface area contributed by atoms with Crippen molar-refractivity contribution in [3.8, 4) is 0 Å². The van der Waals surface area contributed by atoms with E-state index in [1.54, 1.807) is 24.3 Å². The summed E-state index contributed by atoms with van der Waals surface area (Å²) >= 11 is 0. The quantitative estimate of drug-likeness (QED) is 0.753. The monoisotopic (exact) mass is 261 g/mol. The molecular formula is C16H23NO2. The molecule has 1 amide bonds. The van der Waals surface area contributed by atoms with Crippen molar-refractivity contribution in [2.45, 2.75) is 46.5 Å². The van der Waals surface area contributed by atoms with Gasteiger partial charge in [-0.2, -0.15) is 0 Å². The van der Waals surface area contributed by atoms with Gasteiger partial charge in [-0.05, 0) is 44.0 Å². The summed E-state index contributed by atoms with van der Waals surface area (Å²) in [6, 6.07) is 7.05. The summed E-state index contributed by atoms with van der Waals surface area (Å²) in [5.41, 5.74) is 1.42. The Morgan fingerprint density at radius 1 is 1.05 bits per heavy atom. The maximum Gasteiger partial charge on any atom is 0.227 e. The number of nitrogens with one attached hydrogen (secondary N) is 1. The van der Waals surface area contributed by atoms with Crippen LogP contribution in [0.4, 0.5) is 5.69 Å². The van der Waals surface area contributed by atoms with Crippen molar-refractivity contribution < 1.29 is 9.59 Å². The highest BCUT2D eigenvalue weighted by molar-refractivity contribution is 5.96. The van der Waals surface area contributed by atoms with Crippen molar-refractivity contribution >= 4 is 17.4 Å². The van der Waals surface area contributed by atoms with Crippen molar-refractivity contribution in [2.24, 2.45) is 5.92 Å². The molecule has 3 nitrogen and oxygen atoms in total. The zero-order chi connectivity index (χ0) is 14.3. The van der Waals surface area contributed by atoms with Crippen molar-refractivity contribution in [3.63, 3.8) is 0 Å². The summed E-state index contributed by atoms with van der Waals surface area (Å²) in [5.74, 6) is 0.203. The molecule has 0 heterocycles. The van der Waals surface area contributed by atoms with Crippen LogP contribution in [0.2, 0.25) is 0 Å². The van der Waals surface area contributed by atoms with Gasteiger partial charge in [0.2, 0.25) is 5.91 Å². The van der Waals surface area contributed by atoms with Gasteiger partial charge in [0.05, 0.1) is 0 Å². The first kappa shape index (κ1) is 15.4. The molecule has 0 bridgehead atoms. The molecule has 0 unspecified atom stereocenters. The third kappa shape index (κ3) is 4.86. The Morgan fingerprint density at radius 3 is 2.00 bits per heavy atom. The standard InChI is InChI=1S/C16H23NO2/c1-4-6-14(7-5-2)16(19)17-15-10-8-13(9-11-15)12(3)18/h8-11,14H,4-7H2,1-3H3,(H,17,19). The van der Waals surface area contributed by atoms with Gasteiger partial charge in [-0.1, -0.05) is 26.7 Å². The molecule has 3 heteroatoms. The predicted octanol–water partition coefficient (Wildman–Crippen LogP) is 4.04. The Bertz CT molecular complexity index is 417. The molecule has 0 saturated heterocycles. The zero-order valence-corrected chi connectivity index (χ0v) is 12.0. The third-order valence-electron chi connectivity index (χ3n) is 3.20. The average Bonchev–Trinajstić information content (AvgIpc) is 2.39. The van der Waals surface area contributed by atoms with Gasteiger partial charge in [-0.25, -0.2) is 0 Å². The molecule has 0 atom stereocenters. The van der Waals surface area contributed by atoms with Crippen LogP contribution >= 0.6 is 0 Å². The number of Topliss-reactive ketones (excluding diaryl/α,β-unsaturated/α-hetero) is 1. The highest BCUT2D eigenvalue weighted by Gasteiger charge is 2.16. The number of hydrogen-bond donors (Lipinski definition) is 1. The molecule has 0 radical (unpaired) electrons.